The number of hydrogen-bond donors (Lipinski definition) is 3. The molecule has 0 aliphatic carbocycles. The van der Waals surface area contributed by atoms with Crippen LogP contribution < -0.4 is 25.6 Å². The molecular weight excluding hydrogens is 745 g/mol. The third kappa shape index (κ3) is 11.2. The number of hydrogen-bond acceptors (Lipinski definition) is 7. The first kappa shape index (κ1) is 41.0. The molecule has 6 rings (SSSR count). The Kier molecular flexibility index (Phi) is 13.9. The first-order valence-corrected chi connectivity index (χ1v) is 19.0. The lowest BCUT2D eigenvalue weighted by Gasteiger charge is -2.26. The zero-order valence-electron chi connectivity index (χ0n) is 32.5. The lowest BCUT2D eigenvalue weighted by molar-refractivity contribution is -0.122. The monoisotopic (exact) mass is 786 g/mol. The predicted molar refractivity (Wildman–Crippen MR) is 224 cm³/mol. The van der Waals surface area contributed by atoms with Crippen LogP contribution in [0.1, 0.15) is 84.6 Å². The fourth-order valence-corrected chi connectivity index (χ4v) is 6.34. The Balaban J connectivity index is 0.916. The van der Waals surface area contributed by atoms with Crippen molar-refractivity contribution in [2.24, 2.45) is 0 Å². The van der Waals surface area contributed by atoms with Gasteiger partial charge in [0.05, 0.1) is 24.9 Å². The van der Waals surface area contributed by atoms with Crippen LogP contribution in [0.4, 0.5) is 11.4 Å². The van der Waals surface area contributed by atoms with E-state index in [1.54, 1.807) is 59.5 Å². The average Bonchev–Trinajstić information content (AvgIpc) is 3.26. The number of ether oxygens (including phenoxy) is 2. The smallest absolute Gasteiger partial charge is 0.338 e. The van der Waals surface area contributed by atoms with Crippen LogP contribution in [-0.2, 0) is 34.0 Å². The van der Waals surface area contributed by atoms with Crippen molar-refractivity contribution in [3.05, 3.63) is 160 Å². The number of nitrogens with one attached hydrogen (secondary N) is 3. The van der Waals surface area contributed by atoms with E-state index in [1.807, 2.05) is 48.5 Å². The van der Waals surface area contributed by atoms with Crippen LogP contribution in [0.5, 0.6) is 5.75 Å². The van der Waals surface area contributed by atoms with Crippen LogP contribution in [0.3, 0.4) is 0 Å². The topological polar surface area (TPSA) is 143 Å². The molecule has 5 aromatic rings. The molecule has 0 unspecified atom stereocenters. The number of methoxy groups -OCH3 is 1. The van der Waals surface area contributed by atoms with Crippen LogP contribution in [0.15, 0.2) is 115 Å². The van der Waals surface area contributed by atoms with Gasteiger partial charge in [-0.05, 0) is 84.1 Å². The number of anilines is 2. The van der Waals surface area contributed by atoms with Crippen LogP contribution in [0, 0.1) is 24.2 Å². The maximum absolute atomic E-state index is 13.4. The summed E-state index contributed by atoms with van der Waals surface area (Å²) in [5.41, 5.74) is 6.45. The van der Waals surface area contributed by atoms with E-state index in [0.29, 0.717) is 61.3 Å². The quantitative estimate of drug-likeness (QED) is 0.0603. The van der Waals surface area contributed by atoms with Gasteiger partial charge in [-0.2, -0.15) is 0 Å². The molecule has 0 saturated heterocycles. The van der Waals surface area contributed by atoms with Crippen molar-refractivity contribution in [1.82, 2.24) is 10.6 Å². The van der Waals surface area contributed by atoms with E-state index in [2.05, 4.69) is 33.7 Å². The number of benzene rings is 5. The third-order valence-corrected chi connectivity index (χ3v) is 9.50. The maximum atomic E-state index is 13.4. The molecule has 5 aromatic carbocycles. The Bertz CT molecular complexity index is 2460. The van der Waals surface area contributed by atoms with Crippen molar-refractivity contribution in [2.75, 3.05) is 23.9 Å². The summed E-state index contributed by atoms with van der Waals surface area (Å²) in [7, 11) is 1.25. The zero-order chi connectivity index (χ0) is 41.6. The number of para-hydroxylation sites is 1. The lowest BCUT2D eigenvalue weighted by atomic mass is 10.0. The van der Waals surface area contributed by atoms with Crippen molar-refractivity contribution in [2.45, 2.75) is 45.3 Å². The number of carbonyl (C=O) groups excluding carboxylic acids is 5. The number of fused-ring (bicyclic) bond motifs is 2. The highest BCUT2D eigenvalue weighted by atomic mass is 16.5. The van der Waals surface area contributed by atoms with E-state index >= 15 is 0 Å². The van der Waals surface area contributed by atoms with Crippen LogP contribution in [0.2, 0.25) is 0 Å². The minimum Gasteiger partial charge on any atom is -0.481 e. The Morgan fingerprint density at radius 3 is 2.05 bits per heavy atom. The van der Waals surface area contributed by atoms with Gasteiger partial charge in [-0.15, -0.1) is 6.42 Å². The SMILES string of the molecule is C#CCOc1cc(NC(=O)c2ccc(CNC(=O)c3ccc(CNC(=O)CCCCC(=O)N4Cc5ccccc5C#Cc5ccccc54)cc3)cc2)cc(C(=O)OC)c1. The van der Waals surface area contributed by atoms with Crippen LogP contribution >= 0.6 is 0 Å². The van der Waals surface area contributed by atoms with Gasteiger partial charge in [-0.25, -0.2) is 4.79 Å². The minimum atomic E-state index is -0.595. The van der Waals surface area contributed by atoms with Crippen LogP contribution in [-0.4, -0.2) is 43.3 Å². The van der Waals surface area contributed by atoms with Gasteiger partial charge in [0.25, 0.3) is 11.8 Å². The first-order chi connectivity index (χ1) is 28.7. The summed E-state index contributed by atoms with van der Waals surface area (Å²) < 4.78 is 10.2. The van der Waals surface area contributed by atoms with E-state index in [1.165, 1.54) is 19.2 Å². The lowest BCUT2D eigenvalue weighted by Crippen LogP contribution is -2.31. The number of unbranched alkanes of at least 4 members (excludes halogenated alkanes) is 1. The number of carbonyl (C=O) groups is 5. The summed E-state index contributed by atoms with van der Waals surface area (Å²) in [5.74, 6) is 7.69. The summed E-state index contributed by atoms with van der Waals surface area (Å²) in [6, 6.07) is 33.7. The number of esters is 1. The standard InChI is InChI=1S/C48H42N4O7/c1-3-26-59-42-28-40(48(57)58-2)27-41(29-42)51-47(56)38-22-18-34(19-23-38)31-50-46(55)37-20-16-33(17-21-37)30-49-44(53)14-8-9-15-45(54)52-32-39-12-5-4-10-35(39)24-25-36-11-6-7-13-43(36)52/h1,4-7,10-13,16-23,27-29H,8-9,14-15,26,30-32H2,2H3,(H,49,53)(H,50,55)(H,51,56). The van der Waals surface area contributed by atoms with Gasteiger partial charge in [0.2, 0.25) is 11.8 Å². The van der Waals surface area contributed by atoms with E-state index in [9.17, 15) is 24.0 Å². The summed E-state index contributed by atoms with van der Waals surface area (Å²) >= 11 is 0. The minimum absolute atomic E-state index is 0.0103. The molecule has 11 heteroatoms. The molecule has 3 N–H and O–H groups in total. The Hall–Kier alpha value is -7.63. The molecule has 4 amide bonds. The second-order valence-electron chi connectivity index (χ2n) is 13.6. The summed E-state index contributed by atoms with van der Waals surface area (Å²) in [6.07, 6.45) is 7.01. The van der Waals surface area contributed by atoms with Gasteiger partial charge >= 0.3 is 5.97 Å². The molecule has 1 aliphatic heterocycles. The molecule has 11 nitrogen and oxygen atoms in total. The average molecular weight is 787 g/mol. The fraction of sp³-hybridized carbons (Fsp3) is 0.188. The molecule has 296 valence electrons. The molecule has 59 heavy (non-hydrogen) atoms. The van der Waals surface area contributed by atoms with E-state index in [-0.39, 0.29) is 36.4 Å². The number of nitrogens with zero attached hydrogens (tertiary/aromatic N) is 1. The number of amides is 4. The molecular formula is C48H42N4O7. The largest absolute Gasteiger partial charge is 0.481 e. The highest BCUT2D eigenvalue weighted by Gasteiger charge is 2.21. The van der Waals surface area contributed by atoms with Gasteiger partial charge in [-0.3, -0.25) is 19.2 Å². The maximum Gasteiger partial charge on any atom is 0.338 e. The molecule has 0 fully saturated rings. The molecule has 0 radical (unpaired) electrons. The summed E-state index contributed by atoms with van der Waals surface area (Å²) in [4.78, 5) is 65.8. The van der Waals surface area contributed by atoms with Crippen molar-refractivity contribution in [3.8, 4) is 29.9 Å². The third-order valence-electron chi connectivity index (χ3n) is 9.50. The highest BCUT2D eigenvalue weighted by molar-refractivity contribution is 6.05. The molecule has 0 atom stereocenters. The molecule has 1 aliphatic rings. The van der Waals surface area contributed by atoms with Crippen molar-refractivity contribution >= 4 is 41.0 Å². The van der Waals surface area contributed by atoms with Gasteiger partial charge in [-0.1, -0.05) is 72.4 Å². The fourth-order valence-electron chi connectivity index (χ4n) is 6.34. The molecule has 0 spiro atoms. The van der Waals surface area contributed by atoms with Crippen molar-refractivity contribution in [3.63, 3.8) is 0 Å². The highest BCUT2D eigenvalue weighted by Crippen LogP contribution is 2.27. The van der Waals surface area contributed by atoms with E-state index in [0.717, 1.165) is 33.5 Å². The van der Waals surface area contributed by atoms with Gasteiger partial charge in [0.1, 0.15) is 12.4 Å². The predicted octanol–water partition coefficient (Wildman–Crippen LogP) is 6.79. The summed E-state index contributed by atoms with van der Waals surface area (Å²) in [5, 5.41) is 8.55. The van der Waals surface area contributed by atoms with Crippen molar-refractivity contribution < 1.29 is 33.4 Å². The normalized spacial score (nSPS) is 11.2. The number of rotatable bonds is 15. The molecule has 0 bridgehead atoms. The molecule has 0 saturated carbocycles. The molecule has 0 aromatic heterocycles. The Morgan fingerprint density at radius 1 is 0.712 bits per heavy atom. The number of terminal acetylenes is 1. The van der Waals surface area contributed by atoms with E-state index < -0.39 is 11.9 Å². The van der Waals surface area contributed by atoms with Gasteiger partial charge in [0.15, 0.2) is 0 Å². The van der Waals surface area contributed by atoms with Crippen molar-refractivity contribution in [1.29, 1.82) is 0 Å². The van der Waals surface area contributed by atoms with E-state index in [4.69, 9.17) is 15.9 Å². The second kappa shape index (κ2) is 20.0. The zero-order valence-corrected chi connectivity index (χ0v) is 32.5. The second-order valence-corrected chi connectivity index (χ2v) is 13.6. The summed E-state index contributed by atoms with van der Waals surface area (Å²) in [6.45, 7) is 0.959. The van der Waals surface area contributed by atoms with Gasteiger partial charge < -0.3 is 30.3 Å². The first-order valence-electron chi connectivity index (χ1n) is 19.0. The van der Waals surface area contributed by atoms with Gasteiger partial charge in [0, 0.05) is 59.9 Å². The Labute approximate surface area is 343 Å². The van der Waals surface area contributed by atoms with Crippen LogP contribution in [0.25, 0.3) is 0 Å². The Morgan fingerprint density at radius 2 is 1.34 bits per heavy atom. The molecule has 1 heterocycles.